The SMILES string of the molecule is CN=C(NCc1ccccc1C)N1CCN(C(C)C(F)(F)F)CC1. The first-order chi connectivity index (χ1) is 11.3. The highest BCUT2D eigenvalue weighted by Gasteiger charge is 2.41. The molecule has 0 saturated carbocycles. The van der Waals surface area contributed by atoms with Gasteiger partial charge in [-0.2, -0.15) is 13.2 Å². The second-order valence-electron chi connectivity index (χ2n) is 6.07. The maximum atomic E-state index is 12.8. The van der Waals surface area contributed by atoms with Crippen LogP contribution in [0, 0.1) is 6.92 Å². The zero-order valence-corrected chi connectivity index (χ0v) is 14.4. The van der Waals surface area contributed by atoms with Gasteiger partial charge in [0.2, 0.25) is 0 Å². The third kappa shape index (κ3) is 4.63. The lowest BCUT2D eigenvalue weighted by molar-refractivity contribution is -0.181. The molecule has 0 radical (unpaired) electrons. The average Bonchev–Trinajstić information content (AvgIpc) is 2.56. The molecule has 1 atom stereocenters. The van der Waals surface area contributed by atoms with E-state index in [0.717, 1.165) is 5.96 Å². The molecule has 0 bridgehead atoms. The van der Waals surface area contributed by atoms with Crippen LogP contribution < -0.4 is 5.32 Å². The van der Waals surface area contributed by atoms with Crippen molar-refractivity contribution >= 4 is 5.96 Å². The molecule has 1 unspecified atom stereocenters. The van der Waals surface area contributed by atoms with Gasteiger partial charge in [-0.1, -0.05) is 24.3 Å². The highest BCUT2D eigenvalue weighted by Crippen LogP contribution is 2.25. The van der Waals surface area contributed by atoms with E-state index in [0.29, 0.717) is 32.7 Å². The summed E-state index contributed by atoms with van der Waals surface area (Å²) in [6.45, 7) is 5.76. The molecule has 24 heavy (non-hydrogen) atoms. The Kier molecular flexibility index (Phi) is 6.10. The summed E-state index contributed by atoms with van der Waals surface area (Å²) >= 11 is 0. The Labute approximate surface area is 141 Å². The van der Waals surface area contributed by atoms with E-state index in [1.165, 1.54) is 23.0 Å². The van der Waals surface area contributed by atoms with Crippen LogP contribution in [0.5, 0.6) is 0 Å². The van der Waals surface area contributed by atoms with Crippen molar-refractivity contribution < 1.29 is 13.2 Å². The van der Waals surface area contributed by atoms with Gasteiger partial charge in [0.15, 0.2) is 5.96 Å². The van der Waals surface area contributed by atoms with E-state index in [-0.39, 0.29) is 0 Å². The molecule has 1 aliphatic heterocycles. The van der Waals surface area contributed by atoms with Crippen LogP contribution in [0.3, 0.4) is 0 Å². The molecule has 4 nitrogen and oxygen atoms in total. The van der Waals surface area contributed by atoms with Crippen LogP contribution in [-0.4, -0.2) is 61.2 Å². The van der Waals surface area contributed by atoms with Gasteiger partial charge >= 0.3 is 6.18 Å². The second kappa shape index (κ2) is 7.88. The van der Waals surface area contributed by atoms with E-state index in [1.54, 1.807) is 7.05 Å². The molecule has 2 rings (SSSR count). The van der Waals surface area contributed by atoms with Crippen molar-refractivity contribution in [1.29, 1.82) is 0 Å². The van der Waals surface area contributed by atoms with E-state index in [4.69, 9.17) is 0 Å². The van der Waals surface area contributed by atoms with Crippen LogP contribution in [0.2, 0.25) is 0 Å². The van der Waals surface area contributed by atoms with Crippen LogP contribution >= 0.6 is 0 Å². The zero-order valence-electron chi connectivity index (χ0n) is 14.4. The standard InChI is InChI=1S/C17H25F3N4/c1-13-6-4-5-7-15(13)12-22-16(21-3)24-10-8-23(9-11-24)14(2)17(18,19)20/h4-7,14H,8-12H2,1-3H3,(H,21,22). The van der Waals surface area contributed by atoms with Crippen LogP contribution in [0.1, 0.15) is 18.1 Å². The molecule has 1 fully saturated rings. The fraction of sp³-hybridized carbons (Fsp3) is 0.588. The van der Waals surface area contributed by atoms with Gasteiger partial charge in [0, 0.05) is 39.8 Å². The van der Waals surface area contributed by atoms with E-state index in [1.807, 2.05) is 17.0 Å². The lowest BCUT2D eigenvalue weighted by Crippen LogP contribution is -2.56. The van der Waals surface area contributed by atoms with Gasteiger partial charge in [-0.15, -0.1) is 0 Å². The number of nitrogens with zero attached hydrogens (tertiary/aromatic N) is 3. The zero-order chi connectivity index (χ0) is 17.7. The number of piperazine rings is 1. The van der Waals surface area contributed by atoms with Crippen LogP contribution in [0.15, 0.2) is 29.3 Å². The molecule has 1 aromatic carbocycles. The van der Waals surface area contributed by atoms with E-state index < -0.39 is 12.2 Å². The summed E-state index contributed by atoms with van der Waals surface area (Å²) in [6, 6.07) is 6.69. The third-order valence-corrected chi connectivity index (χ3v) is 4.55. The van der Waals surface area contributed by atoms with Crippen LogP contribution in [0.25, 0.3) is 0 Å². The van der Waals surface area contributed by atoms with Gasteiger partial charge < -0.3 is 10.2 Å². The molecule has 0 aliphatic carbocycles. The molecule has 7 heteroatoms. The first-order valence-electron chi connectivity index (χ1n) is 8.13. The van der Waals surface area contributed by atoms with Gasteiger partial charge in [0.25, 0.3) is 0 Å². The van der Waals surface area contributed by atoms with E-state index >= 15 is 0 Å². The topological polar surface area (TPSA) is 30.9 Å². The molecular weight excluding hydrogens is 317 g/mol. The van der Waals surface area contributed by atoms with Gasteiger partial charge in [0.1, 0.15) is 6.04 Å². The highest BCUT2D eigenvalue weighted by molar-refractivity contribution is 5.80. The molecular formula is C17H25F3N4. The predicted molar refractivity (Wildman–Crippen MR) is 90.0 cm³/mol. The summed E-state index contributed by atoms with van der Waals surface area (Å²) in [4.78, 5) is 7.75. The van der Waals surface area contributed by atoms with Gasteiger partial charge in [-0.25, -0.2) is 0 Å². The molecule has 1 heterocycles. The Bertz CT molecular complexity index is 563. The van der Waals surface area contributed by atoms with Crippen LogP contribution in [0.4, 0.5) is 13.2 Å². The number of aryl methyl sites for hydroxylation is 1. The number of hydrogen-bond donors (Lipinski definition) is 1. The molecule has 0 amide bonds. The lowest BCUT2D eigenvalue weighted by atomic mass is 10.1. The van der Waals surface area contributed by atoms with Crippen molar-refractivity contribution in [2.24, 2.45) is 4.99 Å². The normalized spacial score (nSPS) is 18.6. The monoisotopic (exact) mass is 342 g/mol. The maximum Gasteiger partial charge on any atom is 0.403 e. The fourth-order valence-electron chi connectivity index (χ4n) is 2.84. The van der Waals surface area contributed by atoms with Crippen molar-refractivity contribution in [3.05, 3.63) is 35.4 Å². The minimum Gasteiger partial charge on any atom is -0.352 e. The minimum atomic E-state index is -4.17. The second-order valence-corrected chi connectivity index (χ2v) is 6.07. The van der Waals surface area contributed by atoms with Crippen LogP contribution in [-0.2, 0) is 6.54 Å². The van der Waals surface area contributed by atoms with Crippen molar-refractivity contribution in [1.82, 2.24) is 15.1 Å². The smallest absolute Gasteiger partial charge is 0.352 e. The first kappa shape index (κ1) is 18.6. The predicted octanol–water partition coefficient (Wildman–Crippen LogP) is 2.64. The number of aliphatic imine (C=N–C) groups is 1. The van der Waals surface area contributed by atoms with Gasteiger partial charge in [-0.05, 0) is 25.0 Å². The summed E-state index contributed by atoms with van der Waals surface area (Å²) in [7, 11) is 1.70. The summed E-state index contributed by atoms with van der Waals surface area (Å²) in [5.41, 5.74) is 2.38. The summed E-state index contributed by atoms with van der Waals surface area (Å²) in [5, 5.41) is 3.31. The van der Waals surface area contributed by atoms with E-state index in [2.05, 4.69) is 29.4 Å². The van der Waals surface area contributed by atoms with Crippen molar-refractivity contribution in [2.75, 3.05) is 33.2 Å². The number of rotatable bonds is 3. The Morgan fingerprint density at radius 1 is 1.21 bits per heavy atom. The maximum absolute atomic E-state index is 12.8. The molecule has 1 saturated heterocycles. The fourth-order valence-corrected chi connectivity index (χ4v) is 2.84. The summed E-state index contributed by atoms with van der Waals surface area (Å²) in [6.07, 6.45) is -4.17. The van der Waals surface area contributed by atoms with Gasteiger partial charge in [0.05, 0.1) is 0 Å². The number of nitrogens with one attached hydrogen (secondary N) is 1. The molecule has 0 spiro atoms. The summed E-state index contributed by atoms with van der Waals surface area (Å²) < 4.78 is 38.4. The Morgan fingerprint density at radius 3 is 2.38 bits per heavy atom. The van der Waals surface area contributed by atoms with Gasteiger partial charge in [-0.3, -0.25) is 9.89 Å². The average molecular weight is 342 g/mol. The molecule has 0 aromatic heterocycles. The molecule has 134 valence electrons. The number of guanidine groups is 1. The Morgan fingerprint density at radius 2 is 1.83 bits per heavy atom. The number of benzene rings is 1. The molecule has 1 aliphatic rings. The van der Waals surface area contributed by atoms with Crippen molar-refractivity contribution in [3.63, 3.8) is 0 Å². The lowest BCUT2D eigenvalue weighted by Gasteiger charge is -2.39. The third-order valence-electron chi connectivity index (χ3n) is 4.55. The first-order valence-corrected chi connectivity index (χ1v) is 8.13. The minimum absolute atomic E-state index is 0.381. The highest BCUT2D eigenvalue weighted by atomic mass is 19.4. The van der Waals surface area contributed by atoms with E-state index in [9.17, 15) is 13.2 Å². The summed E-state index contributed by atoms with van der Waals surface area (Å²) in [5.74, 6) is 0.734. The number of hydrogen-bond acceptors (Lipinski definition) is 2. The quantitative estimate of drug-likeness (QED) is 0.677. The largest absolute Gasteiger partial charge is 0.403 e. The molecule has 1 aromatic rings. The van der Waals surface area contributed by atoms with Crippen molar-refractivity contribution in [3.8, 4) is 0 Å². The van der Waals surface area contributed by atoms with Crippen molar-refractivity contribution in [2.45, 2.75) is 32.6 Å². The number of alkyl halides is 3. The Hall–Kier alpha value is -1.76. The number of halogens is 3. The Balaban J connectivity index is 1.89. The molecule has 1 N–H and O–H groups in total.